The molecule has 3 aliphatic heterocycles. The number of nitrogens with one attached hydrogen (secondary N) is 3. The standard InChI is InChI=1S/C49H53N7O8/c1-6-63-32-21-40(56(25-32)48(59)43(27(2)3)54-49(60)62-5)46-51-37-17-15-29-20-36-33-16-14-30(19-31(33)26-64-41(36)22-34(29)44(37)53-46)38-24-50-45(52-38)39-13-10-18-55(39)47(58)35(23-42(57)61-4)28-11-8-7-9-12-28/h7-9,11-12,14-17,19-20,22,24,27,32,35,39-40,43H,6,10,13,18,21,23,25-26H2,1-5H3,(H,50,52)(H,51,53)(H,54,60)/t32-,35+,39-,40-,43-/m0/s1. The van der Waals surface area contributed by atoms with Crippen molar-refractivity contribution >= 4 is 45.7 Å². The second-order valence-electron chi connectivity index (χ2n) is 17.1. The third-order valence-electron chi connectivity index (χ3n) is 12.9. The molecule has 3 N–H and O–H groups in total. The number of carbonyl (C=O) groups excluding carboxylic acids is 4. The Bertz CT molecular complexity index is 2730. The summed E-state index contributed by atoms with van der Waals surface area (Å²) < 4.78 is 22.3. The molecule has 332 valence electrons. The van der Waals surface area contributed by atoms with Crippen molar-refractivity contribution in [2.75, 3.05) is 33.9 Å². The highest BCUT2D eigenvalue weighted by atomic mass is 16.5. The molecule has 2 saturated heterocycles. The fraction of sp³-hybridized carbons (Fsp3) is 0.388. The molecule has 0 unspecified atom stereocenters. The zero-order chi connectivity index (χ0) is 44.6. The van der Waals surface area contributed by atoms with Gasteiger partial charge in [-0.3, -0.25) is 14.4 Å². The first-order chi connectivity index (χ1) is 31.0. The number of hydrogen-bond donors (Lipinski definition) is 3. The van der Waals surface area contributed by atoms with Gasteiger partial charge in [-0.05, 0) is 77.6 Å². The van der Waals surface area contributed by atoms with Gasteiger partial charge in [0.1, 0.15) is 30.0 Å². The van der Waals surface area contributed by atoms with Gasteiger partial charge in [0.25, 0.3) is 0 Å². The van der Waals surface area contributed by atoms with Crippen molar-refractivity contribution in [1.29, 1.82) is 0 Å². The first-order valence-corrected chi connectivity index (χ1v) is 22.0. The molecule has 0 saturated carbocycles. The van der Waals surface area contributed by atoms with E-state index in [0.29, 0.717) is 44.4 Å². The van der Waals surface area contributed by atoms with E-state index in [1.807, 2.05) is 74.3 Å². The van der Waals surface area contributed by atoms with Gasteiger partial charge in [-0.25, -0.2) is 14.8 Å². The van der Waals surface area contributed by atoms with E-state index in [1.54, 1.807) is 4.90 Å². The van der Waals surface area contributed by atoms with Gasteiger partial charge in [-0.15, -0.1) is 0 Å². The molecule has 0 bridgehead atoms. The molecule has 2 aromatic heterocycles. The highest BCUT2D eigenvalue weighted by Gasteiger charge is 2.42. The number of aromatic nitrogens is 4. The lowest BCUT2D eigenvalue weighted by molar-refractivity contribution is -0.145. The number of nitrogens with zero attached hydrogens (tertiary/aromatic N) is 4. The summed E-state index contributed by atoms with van der Waals surface area (Å²) in [7, 11) is 2.62. The molecule has 3 amide bonds. The fourth-order valence-electron chi connectivity index (χ4n) is 9.62. The van der Waals surface area contributed by atoms with Crippen LogP contribution in [-0.4, -0.2) is 99.7 Å². The number of esters is 1. The van der Waals surface area contributed by atoms with Gasteiger partial charge in [0.15, 0.2) is 0 Å². The predicted molar refractivity (Wildman–Crippen MR) is 239 cm³/mol. The first-order valence-electron chi connectivity index (χ1n) is 22.0. The number of likely N-dealkylation sites (tertiary alicyclic amines) is 2. The zero-order valence-electron chi connectivity index (χ0n) is 36.7. The molecule has 15 nitrogen and oxygen atoms in total. The van der Waals surface area contributed by atoms with E-state index in [-0.39, 0.29) is 36.3 Å². The molecule has 4 aromatic carbocycles. The summed E-state index contributed by atoms with van der Waals surface area (Å²) in [6.07, 6.45) is 3.09. The van der Waals surface area contributed by atoms with Crippen LogP contribution in [0.25, 0.3) is 44.2 Å². The van der Waals surface area contributed by atoms with Crippen LogP contribution in [0.4, 0.5) is 4.79 Å². The van der Waals surface area contributed by atoms with Gasteiger partial charge in [-0.1, -0.05) is 62.4 Å². The molecule has 15 heteroatoms. The third-order valence-corrected chi connectivity index (χ3v) is 12.9. The minimum absolute atomic E-state index is 0.0341. The van der Waals surface area contributed by atoms with Crippen molar-refractivity contribution < 1.29 is 38.1 Å². The van der Waals surface area contributed by atoms with Crippen LogP contribution in [0.1, 0.15) is 87.2 Å². The van der Waals surface area contributed by atoms with Crippen LogP contribution in [0.2, 0.25) is 0 Å². The van der Waals surface area contributed by atoms with Crippen LogP contribution in [0.3, 0.4) is 0 Å². The van der Waals surface area contributed by atoms with Crippen LogP contribution in [-0.2, 0) is 35.2 Å². The number of alkyl carbamates (subject to hydrolysis) is 1. The number of rotatable bonds is 12. The molecule has 2 fully saturated rings. The second kappa shape index (κ2) is 17.8. The van der Waals surface area contributed by atoms with E-state index in [9.17, 15) is 19.2 Å². The molecule has 6 aromatic rings. The highest BCUT2D eigenvalue weighted by Crippen LogP contribution is 2.44. The Kier molecular flexibility index (Phi) is 11.8. The Morgan fingerprint density at radius 3 is 2.50 bits per heavy atom. The maximum Gasteiger partial charge on any atom is 0.407 e. The number of H-pyrrole nitrogens is 2. The van der Waals surface area contributed by atoms with E-state index in [2.05, 4.69) is 45.6 Å². The number of imidazole rings is 2. The van der Waals surface area contributed by atoms with Gasteiger partial charge in [0.2, 0.25) is 11.8 Å². The average molecular weight is 868 g/mol. The Hall–Kier alpha value is -6.74. The average Bonchev–Trinajstić information content (AvgIpc) is 4.15. The van der Waals surface area contributed by atoms with E-state index < -0.39 is 30.1 Å². The van der Waals surface area contributed by atoms with Crippen molar-refractivity contribution in [1.82, 2.24) is 35.1 Å². The van der Waals surface area contributed by atoms with E-state index in [1.165, 1.54) is 14.2 Å². The normalized spacial score (nSPS) is 19.0. The molecule has 5 atom stereocenters. The number of fused-ring (bicyclic) bond motifs is 6. The molecule has 64 heavy (non-hydrogen) atoms. The molecule has 0 radical (unpaired) electrons. The largest absolute Gasteiger partial charge is 0.488 e. The molecule has 9 rings (SSSR count). The number of methoxy groups -OCH3 is 2. The minimum Gasteiger partial charge on any atom is -0.488 e. The van der Waals surface area contributed by atoms with Crippen LogP contribution in [0, 0.1) is 5.92 Å². The lowest BCUT2D eigenvalue weighted by Gasteiger charge is -2.29. The summed E-state index contributed by atoms with van der Waals surface area (Å²) in [5.41, 5.74) is 7.26. The van der Waals surface area contributed by atoms with E-state index in [4.69, 9.17) is 28.9 Å². The Morgan fingerprint density at radius 2 is 1.73 bits per heavy atom. The van der Waals surface area contributed by atoms with Gasteiger partial charge in [0, 0.05) is 37.1 Å². The van der Waals surface area contributed by atoms with Crippen molar-refractivity contribution in [3.63, 3.8) is 0 Å². The lowest BCUT2D eigenvalue weighted by atomic mass is 9.92. The number of ether oxygens (including phenoxy) is 4. The Morgan fingerprint density at radius 1 is 0.906 bits per heavy atom. The number of benzene rings is 4. The molecular weight excluding hydrogens is 815 g/mol. The van der Waals surface area contributed by atoms with Gasteiger partial charge in [0.05, 0.1) is 67.7 Å². The fourth-order valence-corrected chi connectivity index (χ4v) is 9.62. The van der Waals surface area contributed by atoms with Crippen LogP contribution >= 0.6 is 0 Å². The molecule has 3 aliphatic rings. The summed E-state index contributed by atoms with van der Waals surface area (Å²) in [6, 6.07) is 22.6. The van der Waals surface area contributed by atoms with Gasteiger partial charge < -0.3 is 44.0 Å². The van der Waals surface area contributed by atoms with Crippen molar-refractivity contribution in [2.45, 2.75) is 83.2 Å². The molecule has 0 aliphatic carbocycles. The van der Waals surface area contributed by atoms with Crippen LogP contribution in [0.5, 0.6) is 5.75 Å². The maximum absolute atomic E-state index is 14.1. The van der Waals surface area contributed by atoms with Crippen molar-refractivity contribution in [3.8, 4) is 28.1 Å². The SMILES string of the molecule is CCO[C@H]1C[C@@H](c2nc3c(ccc4cc5c(cc43)OCc3cc(-c4cnc([C@@H]6CCCN6C(=O)[C@H](CC(=O)OC)c6ccccc6)[nH]4)ccc3-5)[nH]2)N(C(=O)[C@@H](NC(=O)OC)C(C)C)C1. The summed E-state index contributed by atoms with van der Waals surface area (Å²) in [6.45, 7) is 7.55. The van der Waals surface area contributed by atoms with E-state index in [0.717, 1.165) is 73.9 Å². The second-order valence-corrected chi connectivity index (χ2v) is 17.1. The lowest BCUT2D eigenvalue weighted by Crippen LogP contribution is -2.51. The van der Waals surface area contributed by atoms with Gasteiger partial charge >= 0.3 is 12.1 Å². The molecule has 0 spiro atoms. The minimum atomic E-state index is -0.778. The smallest absolute Gasteiger partial charge is 0.407 e. The Labute approximate surface area is 370 Å². The number of carbonyl (C=O) groups is 4. The Balaban J connectivity index is 0.966. The zero-order valence-corrected chi connectivity index (χ0v) is 36.7. The number of hydrogen-bond acceptors (Lipinski definition) is 10. The maximum atomic E-state index is 14.1. The number of aromatic amines is 2. The number of amides is 3. The third kappa shape index (κ3) is 8.04. The summed E-state index contributed by atoms with van der Waals surface area (Å²) in [4.78, 5) is 73.3. The van der Waals surface area contributed by atoms with Crippen molar-refractivity contribution in [2.24, 2.45) is 5.92 Å². The first kappa shape index (κ1) is 42.6. The summed E-state index contributed by atoms with van der Waals surface area (Å²) in [5, 5.41) is 4.64. The molecular formula is C49H53N7O8. The monoisotopic (exact) mass is 867 g/mol. The topological polar surface area (TPSA) is 181 Å². The molecule has 5 heterocycles. The van der Waals surface area contributed by atoms with Gasteiger partial charge in [-0.2, -0.15) is 0 Å². The summed E-state index contributed by atoms with van der Waals surface area (Å²) in [5.74, 6) is 0.533. The predicted octanol–water partition coefficient (Wildman–Crippen LogP) is 7.74. The van der Waals surface area contributed by atoms with E-state index >= 15 is 0 Å². The van der Waals surface area contributed by atoms with Crippen LogP contribution in [0.15, 0.2) is 79.0 Å². The summed E-state index contributed by atoms with van der Waals surface area (Å²) >= 11 is 0. The van der Waals surface area contributed by atoms with Crippen molar-refractivity contribution in [3.05, 3.63) is 102 Å². The quantitative estimate of drug-likeness (QED) is 0.103. The highest BCUT2D eigenvalue weighted by molar-refractivity contribution is 6.07. The van der Waals surface area contributed by atoms with Crippen LogP contribution < -0.4 is 10.1 Å².